The number of nitrogens with zero attached hydrogens (tertiary/aromatic N) is 2. The van der Waals surface area contributed by atoms with Crippen LogP contribution in [0.25, 0.3) is 10.9 Å². The van der Waals surface area contributed by atoms with E-state index in [1.165, 1.54) is 12.1 Å². The van der Waals surface area contributed by atoms with E-state index in [0.717, 1.165) is 28.1 Å². The third kappa shape index (κ3) is 4.54. The highest BCUT2D eigenvalue weighted by molar-refractivity contribution is 5.85. The molecule has 0 radical (unpaired) electrons. The maximum absolute atomic E-state index is 13.3. The molecule has 3 nitrogen and oxygen atoms in total. The first kappa shape index (κ1) is 23.1. The Bertz CT molecular complexity index is 1370. The molecule has 178 valence electrons. The minimum atomic E-state index is -4.42. The number of para-hydroxylation sites is 1. The van der Waals surface area contributed by atoms with Crippen molar-refractivity contribution < 1.29 is 18.3 Å². The van der Waals surface area contributed by atoms with Gasteiger partial charge in [-0.1, -0.05) is 72.8 Å². The number of hydrogen-bond donors (Lipinski definition) is 1. The van der Waals surface area contributed by atoms with Gasteiger partial charge >= 0.3 is 6.18 Å². The van der Waals surface area contributed by atoms with Crippen molar-refractivity contribution in [3.63, 3.8) is 0 Å². The van der Waals surface area contributed by atoms with Crippen LogP contribution in [0.5, 0.6) is 0 Å². The van der Waals surface area contributed by atoms with Crippen molar-refractivity contribution in [3.05, 3.63) is 119 Å². The molecular formula is C29H25F3N2O. The van der Waals surface area contributed by atoms with Gasteiger partial charge in [-0.05, 0) is 34.9 Å². The van der Waals surface area contributed by atoms with Gasteiger partial charge in [0.2, 0.25) is 0 Å². The highest BCUT2D eigenvalue weighted by Crippen LogP contribution is 2.42. The normalized spacial score (nSPS) is 18.4. The van der Waals surface area contributed by atoms with Gasteiger partial charge in [0.1, 0.15) is 0 Å². The average Bonchev–Trinajstić information content (AvgIpc) is 3.46. The summed E-state index contributed by atoms with van der Waals surface area (Å²) >= 11 is 0. The van der Waals surface area contributed by atoms with E-state index in [2.05, 4.69) is 16.7 Å². The molecule has 3 aromatic carbocycles. The van der Waals surface area contributed by atoms with Crippen LogP contribution in [0.15, 0.2) is 102 Å². The van der Waals surface area contributed by atoms with Crippen LogP contribution in [0.4, 0.5) is 13.2 Å². The largest absolute Gasteiger partial charge is 0.416 e. The van der Waals surface area contributed by atoms with Crippen molar-refractivity contribution in [1.29, 1.82) is 0 Å². The summed E-state index contributed by atoms with van der Waals surface area (Å²) in [6.45, 7) is 0.471. The summed E-state index contributed by atoms with van der Waals surface area (Å²) in [4.78, 5) is 4.72. The van der Waals surface area contributed by atoms with Gasteiger partial charge < -0.3 is 9.67 Å². The lowest BCUT2D eigenvalue weighted by molar-refractivity contribution is -0.137. The molecule has 1 aromatic heterocycles. The Labute approximate surface area is 201 Å². The van der Waals surface area contributed by atoms with Gasteiger partial charge in [-0.2, -0.15) is 13.2 Å². The monoisotopic (exact) mass is 474 g/mol. The van der Waals surface area contributed by atoms with Crippen molar-refractivity contribution >= 4 is 17.1 Å². The molecule has 1 N–H and O–H groups in total. The molecule has 0 bridgehead atoms. The Hall–Kier alpha value is -3.64. The van der Waals surface area contributed by atoms with Crippen molar-refractivity contribution in [1.82, 2.24) is 4.57 Å². The first-order valence-corrected chi connectivity index (χ1v) is 11.5. The summed E-state index contributed by atoms with van der Waals surface area (Å²) in [6, 6.07) is 23.5. The number of aromatic nitrogens is 1. The molecule has 5 rings (SSSR count). The fraction of sp³-hybridized carbons (Fsp3) is 0.207. The van der Waals surface area contributed by atoms with Gasteiger partial charge in [0.15, 0.2) is 0 Å². The zero-order valence-electron chi connectivity index (χ0n) is 19.0. The lowest BCUT2D eigenvalue weighted by Crippen LogP contribution is -2.36. The Morgan fingerprint density at radius 3 is 2.37 bits per heavy atom. The predicted octanol–water partition coefficient (Wildman–Crippen LogP) is 6.41. The van der Waals surface area contributed by atoms with E-state index in [-0.39, 0.29) is 13.0 Å². The summed E-state index contributed by atoms with van der Waals surface area (Å²) in [7, 11) is 0. The van der Waals surface area contributed by atoms with E-state index in [9.17, 15) is 18.3 Å². The summed E-state index contributed by atoms with van der Waals surface area (Å²) in [5.74, 6) is -0.436. The van der Waals surface area contributed by atoms with Crippen molar-refractivity contribution in [3.8, 4) is 0 Å². The fourth-order valence-corrected chi connectivity index (χ4v) is 5.04. The molecule has 0 fully saturated rings. The number of aliphatic hydroxyl groups excluding tert-OH is 1. The molecular weight excluding hydrogens is 449 g/mol. The maximum atomic E-state index is 13.3. The third-order valence-corrected chi connectivity index (χ3v) is 6.70. The Kier molecular flexibility index (Phi) is 6.07. The van der Waals surface area contributed by atoms with E-state index in [0.29, 0.717) is 12.1 Å². The lowest BCUT2D eigenvalue weighted by atomic mass is 9.76. The minimum absolute atomic E-state index is 0.194. The number of aliphatic imine (C=N–C) groups is 1. The zero-order chi connectivity index (χ0) is 24.5. The maximum Gasteiger partial charge on any atom is 0.416 e. The summed E-state index contributed by atoms with van der Waals surface area (Å²) < 4.78 is 42.2. The van der Waals surface area contributed by atoms with E-state index < -0.39 is 23.2 Å². The van der Waals surface area contributed by atoms with Gasteiger partial charge in [0.25, 0.3) is 0 Å². The number of allylic oxidation sites excluding steroid dienone is 1. The van der Waals surface area contributed by atoms with Crippen molar-refractivity contribution in [2.45, 2.75) is 30.6 Å². The lowest BCUT2D eigenvalue weighted by Gasteiger charge is -2.33. The molecule has 4 aromatic rings. The van der Waals surface area contributed by atoms with Crippen LogP contribution in [0.1, 0.15) is 28.2 Å². The van der Waals surface area contributed by atoms with Gasteiger partial charge in [-0.25, -0.2) is 0 Å². The molecule has 0 saturated heterocycles. The average molecular weight is 475 g/mol. The summed E-state index contributed by atoms with van der Waals surface area (Å²) in [5.41, 5.74) is 2.06. The second-order valence-corrected chi connectivity index (χ2v) is 8.95. The van der Waals surface area contributed by atoms with Gasteiger partial charge in [0, 0.05) is 42.2 Å². The van der Waals surface area contributed by atoms with Gasteiger partial charge in [-0.3, -0.25) is 4.99 Å². The molecule has 1 aliphatic heterocycles. The van der Waals surface area contributed by atoms with E-state index in [1.807, 2.05) is 54.7 Å². The van der Waals surface area contributed by atoms with Crippen LogP contribution in [-0.4, -0.2) is 28.0 Å². The minimum Gasteiger partial charge on any atom is -0.396 e. The number of fused-ring (bicyclic) bond motifs is 1. The van der Waals surface area contributed by atoms with E-state index in [4.69, 9.17) is 4.99 Å². The first-order chi connectivity index (χ1) is 16.9. The summed E-state index contributed by atoms with van der Waals surface area (Å²) in [5, 5.41) is 11.6. The zero-order valence-corrected chi connectivity index (χ0v) is 19.0. The molecule has 0 aliphatic carbocycles. The number of halogens is 3. The molecule has 35 heavy (non-hydrogen) atoms. The smallest absolute Gasteiger partial charge is 0.396 e. The highest BCUT2D eigenvalue weighted by atomic mass is 19.4. The molecule has 2 atom stereocenters. The van der Waals surface area contributed by atoms with Gasteiger partial charge in [-0.15, -0.1) is 0 Å². The topological polar surface area (TPSA) is 37.5 Å². The number of rotatable bonds is 7. The first-order valence-electron chi connectivity index (χ1n) is 11.5. The van der Waals surface area contributed by atoms with Gasteiger partial charge in [0.05, 0.1) is 17.7 Å². The number of hydrogen-bond acceptors (Lipinski definition) is 2. The van der Waals surface area contributed by atoms with Crippen LogP contribution < -0.4 is 0 Å². The van der Waals surface area contributed by atoms with Crippen molar-refractivity contribution in [2.24, 2.45) is 4.99 Å². The molecule has 0 spiro atoms. The van der Waals surface area contributed by atoms with Crippen molar-refractivity contribution in [2.75, 3.05) is 6.61 Å². The van der Waals surface area contributed by atoms with Crippen LogP contribution in [-0.2, 0) is 19.1 Å². The third-order valence-electron chi connectivity index (χ3n) is 6.70. The quantitative estimate of drug-likeness (QED) is 0.330. The number of alkyl halides is 3. The van der Waals surface area contributed by atoms with Crippen LogP contribution in [0.3, 0.4) is 0 Å². The SMILES string of the molecule is OCC(c1cn(Cc2ccccc2)c2ccccc12)C1(Cc2cccc(C(F)(F)F)c2)C=CC=N1. The van der Waals surface area contributed by atoms with Crippen LogP contribution in [0.2, 0.25) is 0 Å². The molecule has 0 saturated carbocycles. The molecule has 2 heterocycles. The summed E-state index contributed by atoms with van der Waals surface area (Å²) in [6.07, 6.45) is 3.25. The molecule has 6 heteroatoms. The second kappa shape index (κ2) is 9.19. The van der Waals surface area contributed by atoms with Crippen LogP contribution >= 0.6 is 0 Å². The van der Waals surface area contributed by atoms with Crippen LogP contribution in [0, 0.1) is 0 Å². The molecule has 1 aliphatic rings. The standard InChI is InChI=1S/C29H25F3N2O/c30-29(31,32)23-11-6-10-22(16-23)17-28(14-7-15-33-28)26(20-35)25-19-34(18-21-8-2-1-3-9-21)27-13-5-4-12-24(25)27/h1-16,19,26,35H,17-18,20H2. The van der Waals surface area contributed by atoms with E-state index >= 15 is 0 Å². The Morgan fingerprint density at radius 1 is 0.914 bits per heavy atom. The predicted molar refractivity (Wildman–Crippen MR) is 133 cm³/mol. The number of benzene rings is 3. The highest BCUT2D eigenvalue weighted by Gasteiger charge is 2.40. The fourth-order valence-electron chi connectivity index (χ4n) is 5.04. The number of aliphatic hydroxyl groups is 1. The second-order valence-electron chi connectivity index (χ2n) is 8.95. The molecule has 2 unspecified atom stereocenters. The molecule has 0 amide bonds. The Balaban J connectivity index is 1.57. The van der Waals surface area contributed by atoms with E-state index in [1.54, 1.807) is 18.4 Å². The Morgan fingerprint density at radius 2 is 1.66 bits per heavy atom.